The van der Waals surface area contributed by atoms with Crippen LogP contribution < -0.4 is 19.5 Å². The summed E-state index contributed by atoms with van der Waals surface area (Å²) in [5, 5.41) is 2.84. The summed E-state index contributed by atoms with van der Waals surface area (Å²) in [5.74, 6) is 0.702. The smallest absolute Gasteiger partial charge is 0.262 e. The molecule has 0 bridgehead atoms. The molecule has 0 aromatic heterocycles. The lowest BCUT2D eigenvalue weighted by molar-refractivity contribution is 0.0858. The monoisotopic (exact) mass is 418 g/mol. The zero-order chi connectivity index (χ0) is 20.3. The van der Waals surface area contributed by atoms with Gasteiger partial charge in [0.05, 0.1) is 11.0 Å². The van der Waals surface area contributed by atoms with Crippen molar-refractivity contribution in [2.45, 2.75) is 23.8 Å². The lowest BCUT2D eigenvalue weighted by Crippen LogP contribution is -2.31. The molecule has 0 aliphatic carbocycles. The topological polar surface area (TPSA) is 103 Å². The van der Waals surface area contributed by atoms with Crippen LogP contribution in [0.3, 0.4) is 0 Å². The molecule has 0 spiro atoms. The van der Waals surface area contributed by atoms with Gasteiger partial charge in [0.2, 0.25) is 0 Å². The molecule has 2 aliphatic heterocycles. The van der Waals surface area contributed by atoms with Crippen LogP contribution in [0.15, 0.2) is 47.4 Å². The third-order valence-corrected chi connectivity index (χ3v) is 6.12. The van der Waals surface area contributed by atoms with Crippen molar-refractivity contribution in [1.29, 1.82) is 0 Å². The van der Waals surface area contributed by atoms with E-state index in [4.69, 9.17) is 14.2 Å². The maximum absolute atomic E-state index is 12.7. The average molecular weight is 418 g/mol. The van der Waals surface area contributed by atoms with Gasteiger partial charge >= 0.3 is 0 Å². The normalized spacial score (nSPS) is 18.3. The van der Waals surface area contributed by atoms with Crippen LogP contribution in [0.2, 0.25) is 0 Å². The number of sulfonamides is 1. The van der Waals surface area contributed by atoms with Crippen LogP contribution in [0.4, 0.5) is 5.69 Å². The van der Waals surface area contributed by atoms with Gasteiger partial charge in [0.15, 0.2) is 11.5 Å². The van der Waals surface area contributed by atoms with Crippen LogP contribution >= 0.6 is 0 Å². The number of nitrogens with one attached hydrogen (secondary N) is 2. The molecule has 1 atom stereocenters. The predicted molar refractivity (Wildman–Crippen MR) is 106 cm³/mol. The Morgan fingerprint density at radius 3 is 2.48 bits per heavy atom. The van der Waals surface area contributed by atoms with Gasteiger partial charge in [-0.15, -0.1) is 0 Å². The molecule has 8 nitrogen and oxygen atoms in total. The van der Waals surface area contributed by atoms with Gasteiger partial charge in [-0.3, -0.25) is 9.52 Å². The SMILES string of the molecule is O=C(NC[C@H]1CCCO1)c1ccc(NS(=O)(=O)c2ccc3c(c2)OCCO3)cc1. The molecule has 2 aromatic rings. The molecule has 0 unspecified atom stereocenters. The van der Waals surface area contributed by atoms with E-state index < -0.39 is 10.0 Å². The van der Waals surface area contributed by atoms with E-state index in [0.29, 0.717) is 42.5 Å². The fourth-order valence-electron chi connectivity index (χ4n) is 3.21. The summed E-state index contributed by atoms with van der Waals surface area (Å²) < 4.78 is 44.2. The highest BCUT2D eigenvalue weighted by Gasteiger charge is 2.20. The molecule has 154 valence electrons. The maximum Gasteiger partial charge on any atom is 0.262 e. The van der Waals surface area contributed by atoms with Gasteiger partial charge in [-0.25, -0.2) is 8.42 Å². The third-order valence-electron chi connectivity index (χ3n) is 4.74. The Kier molecular flexibility index (Phi) is 5.59. The zero-order valence-corrected chi connectivity index (χ0v) is 16.5. The van der Waals surface area contributed by atoms with Crippen LogP contribution in [0, 0.1) is 0 Å². The molecule has 9 heteroatoms. The summed E-state index contributed by atoms with van der Waals surface area (Å²) in [6.45, 7) is 2.02. The van der Waals surface area contributed by atoms with Gasteiger partial charge in [-0.1, -0.05) is 0 Å². The molecular formula is C20H22N2O6S. The van der Waals surface area contributed by atoms with E-state index in [1.54, 1.807) is 30.3 Å². The zero-order valence-electron chi connectivity index (χ0n) is 15.7. The molecule has 0 radical (unpaired) electrons. The Bertz CT molecular complexity index is 985. The van der Waals surface area contributed by atoms with Gasteiger partial charge < -0.3 is 19.5 Å². The second-order valence-electron chi connectivity index (χ2n) is 6.83. The fourth-order valence-corrected chi connectivity index (χ4v) is 4.28. The maximum atomic E-state index is 12.7. The molecule has 1 saturated heterocycles. The molecule has 2 heterocycles. The summed E-state index contributed by atoms with van der Waals surface area (Å²) in [5.41, 5.74) is 0.806. The molecule has 0 saturated carbocycles. The number of ether oxygens (including phenoxy) is 3. The number of fused-ring (bicyclic) bond motifs is 1. The molecule has 1 fully saturated rings. The number of anilines is 1. The minimum atomic E-state index is -3.80. The Hall–Kier alpha value is -2.78. The number of amides is 1. The van der Waals surface area contributed by atoms with Crippen molar-refractivity contribution in [3.63, 3.8) is 0 Å². The highest BCUT2D eigenvalue weighted by Crippen LogP contribution is 2.32. The molecule has 2 aromatic carbocycles. The number of rotatable bonds is 6. The van der Waals surface area contributed by atoms with Crippen molar-refractivity contribution in [3.8, 4) is 11.5 Å². The van der Waals surface area contributed by atoms with Gasteiger partial charge in [-0.2, -0.15) is 0 Å². The average Bonchev–Trinajstić information content (AvgIpc) is 3.25. The summed E-state index contributed by atoms with van der Waals surface area (Å²) in [4.78, 5) is 12.3. The number of hydrogen-bond donors (Lipinski definition) is 2. The summed E-state index contributed by atoms with van der Waals surface area (Å²) in [7, 11) is -3.80. The summed E-state index contributed by atoms with van der Waals surface area (Å²) >= 11 is 0. The highest BCUT2D eigenvalue weighted by atomic mass is 32.2. The Morgan fingerprint density at radius 1 is 1.00 bits per heavy atom. The van der Waals surface area contributed by atoms with Crippen LogP contribution in [0.1, 0.15) is 23.2 Å². The second kappa shape index (κ2) is 8.30. The minimum absolute atomic E-state index is 0.0658. The van der Waals surface area contributed by atoms with Crippen molar-refractivity contribution in [3.05, 3.63) is 48.0 Å². The van der Waals surface area contributed by atoms with E-state index in [9.17, 15) is 13.2 Å². The van der Waals surface area contributed by atoms with Gasteiger partial charge in [0.1, 0.15) is 13.2 Å². The number of benzene rings is 2. The molecule has 2 aliphatic rings. The van der Waals surface area contributed by atoms with Crippen LogP contribution in [-0.2, 0) is 14.8 Å². The van der Waals surface area contributed by atoms with Crippen LogP contribution in [0.25, 0.3) is 0 Å². The molecule has 4 rings (SSSR count). The summed E-state index contributed by atoms with van der Waals surface area (Å²) in [6.07, 6.45) is 2.02. The van der Waals surface area contributed by atoms with E-state index >= 15 is 0 Å². The molecule has 2 N–H and O–H groups in total. The minimum Gasteiger partial charge on any atom is -0.486 e. The number of carbonyl (C=O) groups excluding carboxylic acids is 1. The lowest BCUT2D eigenvalue weighted by Gasteiger charge is -2.19. The summed E-state index contributed by atoms with van der Waals surface area (Å²) in [6, 6.07) is 10.7. The standard InChI is InChI=1S/C20H22N2O6S/c23-20(21-13-16-2-1-9-26-16)14-3-5-15(6-4-14)22-29(24,25)17-7-8-18-19(12-17)28-11-10-27-18/h3-8,12,16,22H,1-2,9-11,13H2,(H,21,23)/t16-/m1/s1. The first-order valence-corrected chi connectivity index (χ1v) is 10.9. The second-order valence-corrected chi connectivity index (χ2v) is 8.52. The van der Waals surface area contributed by atoms with Crippen molar-refractivity contribution in [2.75, 3.05) is 31.1 Å². The van der Waals surface area contributed by atoms with E-state index in [1.165, 1.54) is 12.1 Å². The first kappa shape index (κ1) is 19.5. The third kappa shape index (κ3) is 4.63. The van der Waals surface area contributed by atoms with Gasteiger partial charge in [0.25, 0.3) is 15.9 Å². The lowest BCUT2D eigenvalue weighted by atomic mass is 10.2. The van der Waals surface area contributed by atoms with E-state index in [0.717, 1.165) is 19.4 Å². The largest absolute Gasteiger partial charge is 0.486 e. The Balaban J connectivity index is 1.40. The van der Waals surface area contributed by atoms with Gasteiger partial charge in [-0.05, 0) is 49.2 Å². The van der Waals surface area contributed by atoms with Crippen LogP contribution in [0.5, 0.6) is 11.5 Å². The Labute approximate surface area is 169 Å². The Morgan fingerprint density at radius 2 is 1.76 bits per heavy atom. The van der Waals surface area contributed by atoms with Crippen molar-refractivity contribution in [1.82, 2.24) is 5.32 Å². The van der Waals surface area contributed by atoms with Crippen molar-refractivity contribution >= 4 is 21.6 Å². The van der Waals surface area contributed by atoms with E-state index in [2.05, 4.69) is 10.0 Å². The van der Waals surface area contributed by atoms with E-state index in [-0.39, 0.29) is 16.9 Å². The number of hydrogen-bond acceptors (Lipinski definition) is 6. The first-order chi connectivity index (χ1) is 14.0. The predicted octanol–water partition coefficient (Wildman–Crippen LogP) is 2.17. The molecule has 1 amide bonds. The molecule has 29 heavy (non-hydrogen) atoms. The quantitative estimate of drug-likeness (QED) is 0.745. The van der Waals surface area contributed by atoms with Crippen LogP contribution in [-0.4, -0.2) is 46.8 Å². The highest BCUT2D eigenvalue weighted by molar-refractivity contribution is 7.92. The van der Waals surface area contributed by atoms with Crippen molar-refractivity contribution in [2.24, 2.45) is 0 Å². The molecular weight excluding hydrogens is 396 g/mol. The van der Waals surface area contributed by atoms with Crippen molar-refractivity contribution < 1.29 is 27.4 Å². The fraction of sp³-hybridized carbons (Fsp3) is 0.350. The first-order valence-electron chi connectivity index (χ1n) is 9.44. The van der Waals surface area contributed by atoms with Gasteiger partial charge in [0, 0.05) is 30.5 Å². The van der Waals surface area contributed by atoms with E-state index in [1.807, 2.05) is 0 Å². The number of carbonyl (C=O) groups is 1.